The molecule has 2 N–H and O–H groups in total. The Kier molecular flexibility index (Phi) is 2.12. The largest absolute Gasteiger partial charge is 0.478 e. The average Bonchev–Trinajstić information content (AvgIpc) is 2.99. The van der Waals surface area contributed by atoms with Crippen LogP contribution in [0.5, 0.6) is 0 Å². The molecule has 1 aliphatic carbocycles. The number of fused-ring (bicyclic) bond motifs is 4. The van der Waals surface area contributed by atoms with Crippen molar-refractivity contribution in [3.05, 3.63) is 64.8 Å². The van der Waals surface area contributed by atoms with Crippen LogP contribution < -0.4 is 10.7 Å². The van der Waals surface area contributed by atoms with Crippen LogP contribution in [0.4, 0.5) is 0 Å². The van der Waals surface area contributed by atoms with Crippen LogP contribution in [0.15, 0.2) is 54.1 Å². The van der Waals surface area contributed by atoms with E-state index in [2.05, 4.69) is 16.0 Å². The number of rotatable bonds is 1. The zero-order chi connectivity index (χ0) is 13.7. The van der Waals surface area contributed by atoms with E-state index in [0.717, 1.165) is 22.0 Å². The smallest absolute Gasteiger partial charge is 0.335 e. The van der Waals surface area contributed by atoms with Crippen LogP contribution in [0.25, 0.3) is 11.8 Å². The van der Waals surface area contributed by atoms with Crippen LogP contribution in [0, 0.1) is 0 Å². The van der Waals surface area contributed by atoms with Gasteiger partial charge in [0.05, 0.1) is 29.0 Å². The number of aromatic amines is 1. The first kappa shape index (κ1) is 11.0. The van der Waals surface area contributed by atoms with Crippen molar-refractivity contribution in [3.63, 3.8) is 0 Å². The van der Waals surface area contributed by atoms with Gasteiger partial charge < -0.3 is 15.0 Å². The highest BCUT2D eigenvalue weighted by Gasteiger charge is 2.30. The summed E-state index contributed by atoms with van der Waals surface area (Å²) < 4.78 is 0. The van der Waals surface area contributed by atoms with Gasteiger partial charge >= 0.3 is 5.97 Å². The average molecular weight is 265 g/mol. The molecule has 0 aromatic carbocycles. The summed E-state index contributed by atoms with van der Waals surface area (Å²) in [6, 6.07) is -0.0756. The molecule has 0 saturated heterocycles. The number of allylic oxidation sites excluding steroid dienone is 1. The predicted octanol–water partition coefficient (Wildman–Crippen LogP) is 0.0171. The third-order valence-electron chi connectivity index (χ3n) is 3.68. The highest BCUT2D eigenvalue weighted by molar-refractivity contribution is 5.91. The second-order valence-corrected chi connectivity index (χ2v) is 4.82. The van der Waals surface area contributed by atoms with Crippen molar-refractivity contribution < 1.29 is 9.90 Å². The van der Waals surface area contributed by atoms with Crippen LogP contribution in [-0.2, 0) is 4.79 Å². The van der Waals surface area contributed by atoms with E-state index in [-0.39, 0.29) is 6.04 Å². The lowest BCUT2D eigenvalue weighted by Gasteiger charge is -2.24. The first-order valence-corrected chi connectivity index (χ1v) is 6.29. The molecule has 1 aromatic heterocycles. The van der Waals surface area contributed by atoms with E-state index in [1.165, 1.54) is 0 Å². The van der Waals surface area contributed by atoms with E-state index >= 15 is 0 Å². The Hall–Kier alpha value is -2.82. The molecule has 1 atom stereocenters. The molecule has 2 aliphatic heterocycles. The van der Waals surface area contributed by atoms with Gasteiger partial charge in [-0.25, -0.2) is 9.78 Å². The fraction of sp³-hybridized carbons (Fsp3) is 0.0667. The molecule has 1 aromatic rings. The molecular formula is C15H11N3O2. The van der Waals surface area contributed by atoms with Crippen molar-refractivity contribution in [2.75, 3.05) is 0 Å². The molecule has 20 heavy (non-hydrogen) atoms. The van der Waals surface area contributed by atoms with E-state index < -0.39 is 5.97 Å². The fourth-order valence-corrected chi connectivity index (χ4v) is 2.74. The van der Waals surface area contributed by atoms with Gasteiger partial charge in [0.2, 0.25) is 0 Å². The summed E-state index contributed by atoms with van der Waals surface area (Å²) in [5.41, 5.74) is 2.38. The van der Waals surface area contributed by atoms with Gasteiger partial charge in [0.1, 0.15) is 5.35 Å². The van der Waals surface area contributed by atoms with Crippen molar-refractivity contribution in [2.24, 2.45) is 0 Å². The number of nitrogens with one attached hydrogen (secondary N) is 1. The quantitative estimate of drug-likeness (QED) is 0.751. The van der Waals surface area contributed by atoms with Crippen molar-refractivity contribution >= 4 is 17.7 Å². The van der Waals surface area contributed by atoms with Crippen molar-refractivity contribution in [1.29, 1.82) is 0 Å². The maximum atomic E-state index is 11.1. The van der Waals surface area contributed by atoms with E-state index in [1.807, 2.05) is 29.3 Å². The zero-order valence-corrected chi connectivity index (χ0v) is 10.4. The normalized spacial score (nSPS) is 22.3. The number of aliphatic carboxylic acids is 1. The molecule has 4 rings (SSSR count). The summed E-state index contributed by atoms with van der Waals surface area (Å²) in [7, 11) is 0. The van der Waals surface area contributed by atoms with Gasteiger partial charge in [0.15, 0.2) is 0 Å². The first-order valence-electron chi connectivity index (χ1n) is 6.29. The van der Waals surface area contributed by atoms with Crippen LogP contribution >= 0.6 is 0 Å². The van der Waals surface area contributed by atoms with Crippen LogP contribution in [0.1, 0.15) is 0 Å². The molecule has 3 aliphatic rings. The number of aromatic nitrogens is 2. The molecule has 1 unspecified atom stereocenters. The zero-order valence-electron chi connectivity index (χ0n) is 10.4. The molecule has 0 radical (unpaired) electrons. The lowest BCUT2D eigenvalue weighted by Crippen LogP contribution is -2.32. The van der Waals surface area contributed by atoms with Crippen molar-refractivity contribution in [3.8, 4) is 0 Å². The Labute approximate surface area is 114 Å². The second-order valence-electron chi connectivity index (χ2n) is 4.82. The maximum absolute atomic E-state index is 11.1. The summed E-state index contributed by atoms with van der Waals surface area (Å²) in [5.74, 6) is -0.903. The van der Waals surface area contributed by atoms with Crippen molar-refractivity contribution in [2.45, 2.75) is 6.04 Å². The molecule has 3 heterocycles. The Morgan fingerprint density at radius 2 is 2.30 bits per heavy atom. The van der Waals surface area contributed by atoms with Gasteiger partial charge in [-0.05, 0) is 36.0 Å². The number of imidazole rings is 1. The maximum Gasteiger partial charge on any atom is 0.335 e. The molecule has 0 spiro atoms. The SMILES string of the molecule is O=C(O)C1=CC2C(=CC3=c4nc[nH]c4=CC=CN32)C=C1. The predicted molar refractivity (Wildman–Crippen MR) is 73.4 cm³/mol. The van der Waals surface area contributed by atoms with Crippen LogP contribution in [-0.4, -0.2) is 32.0 Å². The fourth-order valence-electron chi connectivity index (χ4n) is 2.74. The molecule has 0 bridgehead atoms. The molecule has 5 nitrogen and oxygen atoms in total. The Morgan fingerprint density at radius 3 is 3.15 bits per heavy atom. The molecule has 98 valence electrons. The van der Waals surface area contributed by atoms with E-state index in [0.29, 0.717) is 5.57 Å². The Bertz CT molecular complexity index is 852. The Morgan fingerprint density at radius 1 is 1.40 bits per heavy atom. The van der Waals surface area contributed by atoms with Gasteiger partial charge in [-0.1, -0.05) is 6.08 Å². The van der Waals surface area contributed by atoms with Gasteiger partial charge in [0.25, 0.3) is 0 Å². The highest BCUT2D eigenvalue weighted by atomic mass is 16.4. The van der Waals surface area contributed by atoms with Gasteiger partial charge in [-0.15, -0.1) is 0 Å². The summed E-state index contributed by atoms with van der Waals surface area (Å²) in [6.45, 7) is 0. The number of hydrogen-bond donors (Lipinski definition) is 2. The van der Waals surface area contributed by atoms with Gasteiger partial charge in [-0.3, -0.25) is 0 Å². The molecule has 0 amide bonds. The van der Waals surface area contributed by atoms with E-state index in [9.17, 15) is 4.79 Å². The van der Waals surface area contributed by atoms with E-state index in [1.54, 1.807) is 18.5 Å². The number of carbonyl (C=O) groups is 1. The topological polar surface area (TPSA) is 69.2 Å². The van der Waals surface area contributed by atoms with Crippen LogP contribution in [0.2, 0.25) is 0 Å². The minimum atomic E-state index is -0.903. The highest BCUT2D eigenvalue weighted by Crippen LogP contribution is 2.32. The standard InChI is InChI=1S/C15H11N3O2/c19-15(20)10-4-3-9-6-13-14-11(16-8-17-14)2-1-5-18(13)12(9)7-10/h1-8,12H,(H,16,17)(H,19,20). The Balaban J connectivity index is 1.94. The van der Waals surface area contributed by atoms with Crippen molar-refractivity contribution in [1.82, 2.24) is 14.9 Å². The molecular weight excluding hydrogens is 254 g/mol. The van der Waals surface area contributed by atoms with Crippen LogP contribution in [0.3, 0.4) is 0 Å². The third-order valence-corrected chi connectivity index (χ3v) is 3.68. The lowest BCUT2D eigenvalue weighted by atomic mass is 9.99. The minimum absolute atomic E-state index is 0.0756. The minimum Gasteiger partial charge on any atom is -0.478 e. The number of nitrogens with zero attached hydrogens (tertiary/aromatic N) is 2. The number of hydrogen-bond acceptors (Lipinski definition) is 3. The van der Waals surface area contributed by atoms with E-state index in [4.69, 9.17) is 5.11 Å². The molecule has 0 fully saturated rings. The summed E-state index contributed by atoms with van der Waals surface area (Å²) in [4.78, 5) is 20.6. The second kappa shape index (κ2) is 3.84. The summed E-state index contributed by atoms with van der Waals surface area (Å²) in [6.07, 6.45) is 14.8. The molecule has 5 heteroatoms. The third kappa shape index (κ3) is 1.43. The number of carboxylic acids is 1. The molecule has 0 saturated carbocycles. The number of carboxylic acid groups (broad SMARTS) is 1. The monoisotopic (exact) mass is 265 g/mol. The first-order chi connectivity index (χ1) is 9.74. The summed E-state index contributed by atoms with van der Waals surface area (Å²) >= 11 is 0. The van der Waals surface area contributed by atoms with Gasteiger partial charge in [0, 0.05) is 6.20 Å². The lowest BCUT2D eigenvalue weighted by molar-refractivity contribution is -0.132. The summed E-state index contributed by atoms with van der Waals surface area (Å²) in [5, 5.41) is 11.0. The van der Waals surface area contributed by atoms with Gasteiger partial charge in [-0.2, -0.15) is 0 Å². The number of H-pyrrole nitrogens is 1.